The van der Waals surface area contributed by atoms with E-state index < -0.39 is 9.84 Å². The summed E-state index contributed by atoms with van der Waals surface area (Å²) >= 11 is 0. The molecule has 2 atom stereocenters. The minimum absolute atomic E-state index is 0.252. The Hall–Kier alpha value is -1.07. The molecular weight excluding hydrogens is 274 g/mol. The number of hydrogen-bond donors (Lipinski definition) is 2. The Labute approximate surface area is 120 Å². The Balaban J connectivity index is 1.65. The van der Waals surface area contributed by atoms with Gasteiger partial charge in [0.2, 0.25) is 0 Å². The predicted octanol–water partition coefficient (Wildman–Crippen LogP) is 1.79. The van der Waals surface area contributed by atoms with Gasteiger partial charge in [-0.15, -0.1) is 0 Å². The van der Waals surface area contributed by atoms with Crippen LogP contribution in [0.4, 0.5) is 0 Å². The van der Waals surface area contributed by atoms with Gasteiger partial charge in [0.25, 0.3) is 0 Å². The average Bonchev–Trinajstić information content (AvgIpc) is 2.75. The topological polar surface area (TPSA) is 66.4 Å². The molecule has 1 aliphatic heterocycles. The summed E-state index contributed by atoms with van der Waals surface area (Å²) in [7, 11) is -2.79. The third-order valence-corrected chi connectivity index (χ3v) is 6.26. The maximum Gasteiger partial charge on any atom is 0.150 e. The van der Waals surface area contributed by atoms with Crippen molar-refractivity contribution in [3.63, 3.8) is 0 Å². The minimum atomic E-state index is -2.79. The van der Waals surface area contributed by atoms with E-state index in [0.29, 0.717) is 23.3 Å². The Morgan fingerprint density at radius 2 is 2.15 bits per heavy atom. The number of sulfone groups is 1. The van der Waals surface area contributed by atoms with Crippen molar-refractivity contribution in [2.24, 2.45) is 5.92 Å². The molecule has 1 saturated heterocycles. The molecule has 4 nitrogen and oxygen atoms in total. The number of aromatic hydroxyl groups is 1. The van der Waals surface area contributed by atoms with Gasteiger partial charge in [-0.2, -0.15) is 0 Å². The summed E-state index contributed by atoms with van der Waals surface area (Å²) < 4.78 is 22.9. The lowest BCUT2D eigenvalue weighted by atomic mass is 9.87. The van der Waals surface area contributed by atoms with Crippen LogP contribution in [0.3, 0.4) is 0 Å². The molecule has 0 saturated carbocycles. The molecule has 20 heavy (non-hydrogen) atoms. The molecule has 1 aromatic carbocycles. The van der Waals surface area contributed by atoms with Crippen LogP contribution in [0.5, 0.6) is 5.75 Å². The fourth-order valence-corrected chi connectivity index (χ4v) is 5.22. The zero-order chi connectivity index (χ0) is 14.2. The first-order chi connectivity index (χ1) is 9.53. The number of aryl methyl sites for hydroxylation is 1. The van der Waals surface area contributed by atoms with Gasteiger partial charge in [0.05, 0.1) is 11.5 Å². The van der Waals surface area contributed by atoms with Crippen LogP contribution in [0.25, 0.3) is 0 Å². The van der Waals surface area contributed by atoms with Crippen molar-refractivity contribution in [3.05, 3.63) is 29.3 Å². The first kappa shape index (κ1) is 13.9. The fraction of sp³-hybridized carbons (Fsp3) is 0.600. The second-order valence-electron chi connectivity index (χ2n) is 6.01. The van der Waals surface area contributed by atoms with E-state index in [1.807, 2.05) is 12.1 Å². The standard InChI is InChI=1S/C15H21NO3S/c17-13-4-5-14-12(8-13)2-1-3-15(14)16-9-11-6-7-20(18,19)10-11/h4-5,8,11,15-17H,1-3,6-7,9-10H2. The summed E-state index contributed by atoms with van der Waals surface area (Å²) in [5.41, 5.74) is 2.47. The number of nitrogens with one attached hydrogen (secondary N) is 1. The number of fused-ring (bicyclic) bond motifs is 1. The molecule has 0 radical (unpaired) electrons. The predicted molar refractivity (Wildman–Crippen MR) is 78.5 cm³/mol. The Morgan fingerprint density at radius 1 is 1.30 bits per heavy atom. The molecule has 1 aliphatic carbocycles. The third kappa shape index (κ3) is 2.99. The fourth-order valence-electron chi connectivity index (χ4n) is 3.35. The Kier molecular flexibility index (Phi) is 3.73. The summed E-state index contributed by atoms with van der Waals surface area (Å²) in [5, 5.41) is 13.1. The van der Waals surface area contributed by atoms with Gasteiger partial charge >= 0.3 is 0 Å². The van der Waals surface area contributed by atoms with Gasteiger partial charge in [-0.25, -0.2) is 8.42 Å². The Morgan fingerprint density at radius 3 is 2.90 bits per heavy atom. The molecule has 1 heterocycles. The lowest BCUT2D eigenvalue weighted by molar-refractivity contribution is 0.415. The van der Waals surface area contributed by atoms with Gasteiger partial charge in [-0.1, -0.05) is 6.07 Å². The van der Waals surface area contributed by atoms with Crippen LogP contribution in [0.2, 0.25) is 0 Å². The van der Waals surface area contributed by atoms with Crippen LogP contribution >= 0.6 is 0 Å². The largest absolute Gasteiger partial charge is 0.508 e. The summed E-state index contributed by atoms with van der Waals surface area (Å²) in [4.78, 5) is 0. The van der Waals surface area contributed by atoms with E-state index in [4.69, 9.17) is 0 Å². The van der Waals surface area contributed by atoms with Crippen LogP contribution in [-0.4, -0.2) is 31.6 Å². The molecule has 3 rings (SSSR count). The smallest absolute Gasteiger partial charge is 0.150 e. The van der Waals surface area contributed by atoms with Crippen LogP contribution in [0.1, 0.15) is 36.4 Å². The van der Waals surface area contributed by atoms with E-state index in [1.54, 1.807) is 6.07 Å². The molecule has 0 aromatic heterocycles. The average molecular weight is 295 g/mol. The number of phenolic OH excluding ortho intramolecular Hbond substituents is 1. The van der Waals surface area contributed by atoms with Gasteiger partial charge in [-0.05, 0) is 61.4 Å². The molecule has 2 aliphatic rings. The van der Waals surface area contributed by atoms with E-state index in [0.717, 1.165) is 32.2 Å². The zero-order valence-corrected chi connectivity index (χ0v) is 12.3. The molecule has 2 unspecified atom stereocenters. The molecular formula is C15H21NO3S. The van der Waals surface area contributed by atoms with Gasteiger partial charge in [0.15, 0.2) is 9.84 Å². The van der Waals surface area contributed by atoms with Gasteiger partial charge in [0.1, 0.15) is 5.75 Å². The molecule has 1 fully saturated rings. The highest BCUT2D eigenvalue weighted by Gasteiger charge is 2.29. The maximum absolute atomic E-state index is 11.5. The van der Waals surface area contributed by atoms with E-state index in [9.17, 15) is 13.5 Å². The molecule has 5 heteroatoms. The van der Waals surface area contributed by atoms with Crippen LogP contribution in [-0.2, 0) is 16.3 Å². The molecule has 0 amide bonds. The summed E-state index contributed by atoms with van der Waals surface area (Å²) in [6.45, 7) is 0.768. The van der Waals surface area contributed by atoms with E-state index >= 15 is 0 Å². The lowest BCUT2D eigenvalue weighted by Crippen LogP contribution is -2.30. The second-order valence-corrected chi connectivity index (χ2v) is 8.23. The quantitative estimate of drug-likeness (QED) is 0.892. The number of rotatable bonds is 3. The van der Waals surface area contributed by atoms with Crippen molar-refractivity contribution >= 4 is 9.84 Å². The summed E-state index contributed by atoms with van der Waals surface area (Å²) in [6, 6.07) is 5.87. The highest BCUT2D eigenvalue weighted by atomic mass is 32.2. The van der Waals surface area contributed by atoms with Crippen molar-refractivity contribution in [2.45, 2.75) is 31.7 Å². The van der Waals surface area contributed by atoms with Crippen LogP contribution < -0.4 is 5.32 Å². The monoisotopic (exact) mass is 295 g/mol. The van der Waals surface area contributed by atoms with Crippen molar-refractivity contribution < 1.29 is 13.5 Å². The minimum Gasteiger partial charge on any atom is -0.508 e. The molecule has 0 bridgehead atoms. The molecule has 110 valence electrons. The third-order valence-electron chi connectivity index (χ3n) is 4.42. The molecule has 2 N–H and O–H groups in total. The first-order valence-electron chi connectivity index (χ1n) is 7.29. The van der Waals surface area contributed by atoms with Gasteiger partial charge in [0, 0.05) is 6.04 Å². The van der Waals surface area contributed by atoms with Crippen molar-refractivity contribution in [1.82, 2.24) is 5.32 Å². The van der Waals surface area contributed by atoms with Crippen molar-refractivity contribution in [3.8, 4) is 5.75 Å². The zero-order valence-electron chi connectivity index (χ0n) is 11.5. The van der Waals surface area contributed by atoms with Crippen LogP contribution in [0, 0.1) is 5.92 Å². The SMILES string of the molecule is O=S1(=O)CCC(CNC2CCCc3cc(O)ccc32)C1. The van der Waals surface area contributed by atoms with Crippen molar-refractivity contribution in [2.75, 3.05) is 18.1 Å². The van der Waals surface area contributed by atoms with Crippen LogP contribution in [0.15, 0.2) is 18.2 Å². The van der Waals surface area contributed by atoms with Gasteiger partial charge in [-0.3, -0.25) is 0 Å². The lowest BCUT2D eigenvalue weighted by Gasteiger charge is -2.27. The second kappa shape index (κ2) is 5.37. The molecule has 1 aromatic rings. The number of hydrogen-bond acceptors (Lipinski definition) is 4. The number of benzene rings is 1. The normalized spacial score (nSPS) is 28.2. The first-order valence-corrected chi connectivity index (χ1v) is 9.11. The van der Waals surface area contributed by atoms with E-state index in [1.165, 1.54) is 11.1 Å². The maximum atomic E-state index is 11.5. The highest BCUT2D eigenvalue weighted by molar-refractivity contribution is 7.91. The van der Waals surface area contributed by atoms with Gasteiger partial charge < -0.3 is 10.4 Å². The van der Waals surface area contributed by atoms with E-state index in [2.05, 4.69) is 5.32 Å². The summed E-state index contributed by atoms with van der Waals surface area (Å²) in [5.74, 6) is 1.25. The Bertz CT molecular complexity index is 597. The van der Waals surface area contributed by atoms with Crippen molar-refractivity contribution in [1.29, 1.82) is 0 Å². The molecule has 0 spiro atoms. The highest BCUT2D eigenvalue weighted by Crippen LogP contribution is 2.32. The number of phenols is 1. The summed E-state index contributed by atoms with van der Waals surface area (Å²) in [6.07, 6.45) is 3.98. The van der Waals surface area contributed by atoms with E-state index in [-0.39, 0.29) is 5.92 Å².